The summed E-state index contributed by atoms with van der Waals surface area (Å²) in [5.74, 6) is -0.0943. The van der Waals surface area contributed by atoms with Crippen LogP contribution in [0.4, 0.5) is 4.39 Å². The first kappa shape index (κ1) is 8.20. The molecule has 0 atom stereocenters. The molecule has 0 aliphatic rings. The highest BCUT2D eigenvalue weighted by Gasteiger charge is 2.06. The van der Waals surface area contributed by atoms with Crippen molar-refractivity contribution in [1.29, 1.82) is 0 Å². The van der Waals surface area contributed by atoms with Crippen LogP contribution in [0.15, 0.2) is 22.0 Å². The number of halogens is 2. The molecule has 62 valence electrons. The number of fused-ring (bicyclic) bond motifs is 1. The van der Waals surface area contributed by atoms with Gasteiger partial charge in [-0.05, 0) is 39.9 Å². The molecule has 0 saturated heterocycles. The van der Waals surface area contributed by atoms with Crippen LogP contribution in [0.2, 0.25) is 0 Å². The fraction of sp³-hybridized carbons (Fsp3) is 0.111. The van der Waals surface area contributed by atoms with Crippen LogP contribution in [0.5, 0.6) is 0 Å². The van der Waals surface area contributed by atoms with Crippen LogP contribution in [-0.4, -0.2) is 0 Å². The fourth-order valence-electron chi connectivity index (χ4n) is 1.14. The third-order valence-electron chi connectivity index (χ3n) is 1.79. The van der Waals surface area contributed by atoms with Gasteiger partial charge in [-0.25, -0.2) is 4.39 Å². The summed E-state index contributed by atoms with van der Waals surface area (Å²) in [7, 11) is 0. The van der Waals surface area contributed by atoms with Crippen LogP contribution < -0.4 is 0 Å². The minimum Gasteiger partial charge on any atom is -0.205 e. The van der Waals surface area contributed by atoms with E-state index in [2.05, 4.69) is 15.9 Å². The summed E-state index contributed by atoms with van der Waals surface area (Å²) in [4.78, 5) is 0. The van der Waals surface area contributed by atoms with E-state index in [9.17, 15) is 4.39 Å². The summed E-state index contributed by atoms with van der Waals surface area (Å²) in [6.45, 7) is 1.78. The van der Waals surface area contributed by atoms with E-state index in [1.165, 1.54) is 11.3 Å². The van der Waals surface area contributed by atoms with Crippen LogP contribution in [0.25, 0.3) is 10.1 Å². The highest BCUT2D eigenvalue weighted by atomic mass is 79.9. The van der Waals surface area contributed by atoms with Gasteiger partial charge in [0.05, 0.1) is 8.49 Å². The van der Waals surface area contributed by atoms with E-state index in [0.717, 1.165) is 13.9 Å². The van der Waals surface area contributed by atoms with Crippen molar-refractivity contribution < 1.29 is 4.39 Å². The predicted molar refractivity (Wildman–Crippen MR) is 54.2 cm³/mol. The number of thiophene rings is 1. The van der Waals surface area contributed by atoms with Gasteiger partial charge >= 0.3 is 0 Å². The van der Waals surface area contributed by atoms with Crippen LogP contribution in [-0.2, 0) is 0 Å². The van der Waals surface area contributed by atoms with Gasteiger partial charge in [-0.2, -0.15) is 0 Å². The largest absolute Gasteiger partial charge is 0.205 e. The van der Waals surface area contributed by atoms with Crippen molar-refractivity contribution in [3.63, 3.8) is 0 Å². The lowest BCUT2D eigenvalue weighted by molar-refractivity contribution is 0.632. The summed E-state index contributed by atoms with van der Waals surface area (Å²) in [5, 5.41) is 0.968. The Labute approximate surface area is 82.2 Å². The highest BCUT2D eigenvalue weighted by molar-refractivity contribution is 9.11. The number of aryl methyl sites for hydroxylation is 1. The predicted octanol–water partition coefficient (Wildman–Crippen LogP) is 4.11. The van der Waals surface area contributed by atoms with Crippen LogP contribution in [0.1, 0.15) is 5.56 Å². The molecular formula is C9H6BrFS. The second-order valence-corrected chi connectivity index (χ2v) is 5.10. The molecule has 0 aliphatic heterocycles. The second kappa shape index (κ2) is 2.82. The van der Waals surface area contributed by atoms with E-state index in [1.54, 1.807) is 13.0 Å². The first-order valence-corrected chi connectivity index (χ1v) is 5.13. The summed E-state index contributed by atoms with van der Waals surface area (Å²) >= 11 is 4.77. The third kappa shape index (κ3) is 1.17. The molecule has 3 heteroatoms. The first-order chi connectivity index (χ1) is 5.68. The lowest BCUT2D eigenvalue weighted by Crippen LogP contribution is -1.79. The zero-order chi connectivity index (χ0) is 8.72. The van der Waals surface area contributed by atoms with E-state index < -0.39 is 0 Å². The van der Waals surface area contributed by atoms with E-state index >= 15 is 0 Å². The number of benzene rings is 1. The van der Waals surface area contributed by atoms with Gasteiger partial charge in [0, 0.05) is 0 Å². The van der Waals surface area contributed by atoms with Crippen molar-refractivity contribution in [2.24, 2.45) is 0 Å². The molecule has 1 heterocycles. The van der Waals surface area contributed by atoms with Crippen molar-refractivity contribution in [1.82, 2.24) is 0 Å². The van der Waals surface area contributed by atoms with Gasteiger partial charge in [0.15, 0.2) is 0 Å². The Morgan fingerprint density at radius 3 is 2.92 bits per heavy atom. The van der Waals surface area contributed by atoms with Crippen LogP contribution in [0.3, 0.4) is 0 Å². The van der Waals surface area contributed by atoms with Crippen molar-refractivity contribution >= 4 is 37.4 Å². The molecule has 0 radical (unpaired) electrons. The summed E-state index contributed by atoms with van der Waals surface area (Å²) in [6, 6.07) is 5.67. The first-order valence-electron chi connectivity index (χ1n) is 3.52. The average Bonchev–Trinajstić information content (AvgIpc) is 2.39. The molecule has 0 N–H and O–H groups in total. The fourth-order valence-corrected chi connectivity index (χ4v) is 2.74. The van der Waals surface area contributed by atoms with Gasteiger partial charge in [-0.15, -0.1) is 11.3 Å². The highest BCUT2D eigenvalue weighted by Crippen LogP contribution is 2.32. The van der Waals surface area contributed by atoms with Gasteiger partial charge in [0.25, 0.3) is 0 Å². The van der Waals surface area contributed by atoms with E-state index in [1.807, 2.05) is 12.1 Å². The van der Waals surface area contributed by atoms with Gasteiger partial charge in [0.2, 0.25) is 0 Å². The van der Waals surface area contributed by atoms with Gasteiger partial charge in [0.1, 0.15) is 5.82 Å². The molecule has 1 aromatic carbocycles. The van der Waals surface area contributed by atoms with Gasteiger partial charge < -0.3 is 0 Å². The minimum absolute atomic E-state index is 0.0943. The lowest BCUT2D eigenvalue weighted by Gasteiger charge is -1.95. The molecule has 0 fully saturated rings. The molecule has 2 aromatic rings. The molecular weight excluding hydrogens is 239 g/mol. The van der Waals surface area contributed by atoms with Crippen molar-refractivity contribution in [3.8, 4) is 0 Å². The lowest BCUT2D eigenvalue weighted by atomic mass is 10.2. The zero-order valence-corrected chi connectivity index (χ0v) is 8.80. The van der Waals surface area contributed by atoms with Crippen LogP contribution >= 0.6 is 27.3 Å². The second-order valence-electron chi connectivity index (χ2n) is 2.67. The molecule has 0 unspecified atom stereocenters. The Balaban J connectivity index is 2.89. The molecule has 1 aromatic heterocycles. The Hall–Kier alpha value is -0.410. The number of hydrogen-bond donors (Lipinski definition) is 0. The SMILES string of the molecule is Cc1ccc2cc(Br)sc2c1F. The van der Waals surface area contributed by atoms with Crippen molar-refractivity contribution in [2.45, 2.75) is 6.92 Å². The maximum atomic E-state index is 13.4. The molecule has 0 nitrogen and oxygen atoms in total. The molecule has 0 spiro atoms. The van der Waals surface area contributed by atoms with Crippen LogP contribution in [0, 0.1) is 12.7 Å². The summed E-state index contributed by atoms with van der Waals surface area (Å²) in [5.41, 5.74) is 0.705. The molecule has 12 heavy (non-hydrogen) atoms. The van der Waals surface area contributed by atoms with Crippen molar-refractivity contribution in [2.75, 3.05) is 0 Å². The monoisotopic (exact) mass is 244 g/mol. The van der Waals surface area contributed by atoms with E-state index in [-0.39, 0.29) is 5.82 Å². The third-order valence-corrected chi connectivity index (χ3v) is 3.44. The number of hydrogen-bond acceptors (Lipinski definition) is 1. The minimum atomic E-state index is -0.0943. The molecule has 0 saturated carbocycles. The Morgan fingerprint density at radius 1 is 1.42 bits per heavy atom. The normalized spacial score (nSPS) is 10.9. The molecule has 0 aliphatic carbocycles. The zero-order valence-electron chi connectivity index (χ0n) is 6.40. The molecule has 0 bridgehead atoms. The van der Waals surface area contributed by atoms with E-state index in [0.29, 0.717) is 5.56 Å². The Morgan fingerprint density at radius 2 is 2.17 bits per heavy atom. The Bertz CT molecular complexity index is 433. The quantitative estimate of drug-likeness (QED) is 0.655. The van der Waals surface area contributed by atoms with E-state index in [4.69, 9.17) is 0 Å². The maximum Gasteiger partial charge on any atom is 0.143 e. The average molecular weight is 245 g/mol. The van der Waals surface area contributed by atoms with Crippen molar-refractivity contribution in [3.05, 3.63) is 33.4 Å². The maximum absolute atomic E-state index is 13.4. The molecule has 2 rings (SSSR count). The topological polar surface area (TPSA) is 0 Å². The summed E-state index contributed by atoms with van der Waals surface area (Å²) < 4.78 is 15.1. The smallest absolute Gasteiger partial charge is 0.143 e. The summed E-state index contributed by atoms with van der Waals surface area (Å²) in [6.07, 6.45) is 0. The Kier molecular flexibility index (Phi) is 1.93. The number of rotatable bonds is 0. The van der Waals surface area contributed by atoms with Gasteiger partial charge in [-0.1, -0.05) is 12.1 Å². The molecule has 0 amide bonds. The standard InChI is InChI=1S/C9H6BrFS/c1-5-2-3-6-4-7(10)12-9(6)8(5)11/h2-4H,1H3. The van der Waals surface area contributed by atoms with Gasteiger partial charge in [-0.3, -0.25) is 0 Å².